The molecule has 3 fully saturated rings. The highest BCUT2D eigenvalue weighted by Crippen LogP contribution is 2.37. The van der Waals surface area contributed by atoms with Gasteiger partial charge < -0.3 is 16.0 Å². The van der Waals surface area contributed by atoms with Crippen LogP contribution in [-0.2, 0) is 10.0 Å². The summed E-state index contributed by atoms with van der Waals surface area (Å²) in [4.78, 5) is 23.8. The van der Waals surface area contributed by atoms with Crippen LogP contribution in [0.3, 0.4) is 0 Å². The van der Waals surface area contributed by atoms with Crippen molar-refractivity contribution in [3.05, 3.63) is 0 Å². The van der Waals surface area contributed by atoms with Gasteiger partial charge in [-0.15, -0.1) is 10.3 Å². The topological polar surface area (TPSA) is 93.4 Å². The highest BCUT2D eigenvalue weighted by molar-refractivity contribution is 8.00. The molecule has 3 saturated heterocycles. The van der Waals surface area contributed by atoms with Crippen molar-refractivity contribution >= 4 is 23.7 Å². The lowest BCUT2D eigenvalue weighted by atomic mass is 9.79. The summed E-state index contributed by atoms with van der Waals surface area (Å²) in [6.45, 7) is 7.79. The highest BCUT2D eigenvalue weighted by atomic mass is 32.2. The second kappa shape index (κ2) is 7.79. The normalized spacial score (nSPS) is 32.6. The third-order valence-electron chi connectivity index (χ3n) is 6.04. The van der Waals surface area contributed by atoms with E-state index in [0.29, 0.717) is 24.5 Å². The monoisotopic (exact) mass is 397 g/mol. The fraction of sp³-hybridized carbons (Fsp3) is 0.895. The van der Waals surface area contributed by atoms with Gasteiger partial charge in [0.05, 0.1) is 12.1 Å². The molecule has 0 aromatic rings. The number of fused-ring (bicyclic) bond motifs is 1. The van der Waals surface area contributed by atoms with Crippen molar-refractivity contribution in [2.24, 2.45) is 0 Å². The molecule has 7 nitrogen and oxygen atoms in total. The fourth-order valence-corrected chi connectivity index (χ4v) is 6.48. The van der Waals surface area contributed by atoms with Gasteiger partial charge in [-0.2, -0.15) is 11.8 Å². The van der Waals surface area contributed by atoms with Gasteiger partial charge in [0.1, 0.15) is 0 Å². The average Bonchev–Trinajstić information content (AvgIpc) is 3.08. The molecule has 3 heterocycles. The third-order valence-corrected chi connectivity index (χ3v) is 7.55. The Bertz CT molecular complexity index is 565. The number of nitrogens with one attached hydrogen (secondary N) is 3. The number of urea groups is 1. The van der Waals surface area contributed by atoms with Crippen LogP contribution < -0.4 is 16.0 Å². The maximum atomic E-state index is 12.4. The Morgan fingerprint density at radius 1 is 1.19 bits per heavy atom. The number of carbonyl (C=O) groups is 2. The first-order valence-electron chi connectivity index (χ1n) is 10.0. The quantitative estimate of drug-likeness (QED) is 0.473. The molecule has 3 aliphatic heterocycles. The molecule has 3 rings (SSSR count). The Balaban J connectivity index is 1.37. The summed E-state index contributed by atoms with van der Waals surface area (Å²) in [5.74, 6) is 1.05. The molecule has 8 heteroatoms. The number of nitrogens with zero attached hydrogens (tertiary/aromatic N) is 1. The largest absolute Gasteiger partial charge is 0.353 e. The van der Waals surface area contributed by atoms with Crippen LogP contribution in [0, 0.1) is 0 Å². The first-order chi connectivity index (χ1) is 12.6. The number of carbonyl (C=O) groups excluding carboxylic acids is 2. The predicted octanol–water partition coefficient (Wildman–Crippen LogP) is 2.20. The van der Waals surface area contributed by atoms with Gasteiger partial charge in [-0.25, -0.2) is 4.79 Å². The van der Waals surface area contributed by atoms with Gasteiger partial charge in [-0.05, 0) is 53.4 Å². The summed E-state index contributed by atoms with van der Waals surface area (Å²) in [5, 5.41) is 23.1. The number of rotatable bonds is 6. The summed E-state index contributed by atoms with van der Waals surface area (Å²) < 4.78 is 0. The van der Waals surface area contributed by atoms with Crippen molar-refractivity contribution in [2.75, 3.05) is 5.75 Å². The minimum atomic E-state index is -0.463. The van der Waals surface area contributed by atoms with E-state index in [-0.39, 0.29) is 30.1 Å². The summed E-state index contributed by atoms with van der Waals surface area (Å²) in [7, 11) is 0. The van der Waals surface area contributed by atoms with Crippen LogP contribution in [0.1, 0.15) is 66.2 Å². The van der Waals surface area contributed by atoms with E-state index in [0.717, 1.165) is 25.0 Å². The van der Waals surface area contributed by atoms with E-state index in [1.165, 1.54) is 5.06 Å². The molecule has 3 atom stereocenters. The zero-order valence-electron chi connectivity index (χ0n) is 16.8. The predicted molar refractivity (Wildman–Crippen MR) is 106 cm³/mol. The zero-order valence-corrected chi connectivity index (χ0v) is 17.7. The number of hydrogen-bond donors (Lipinski definition) is 3. The van der Waals surface area contributed by atoms with Gasteiger partial charge in [0.25, 0.3) is 0 Å². The SMILES string of the molecule is CC1(C)CC(NC(=O)CCCC[C@@H]2SC[C@@H]3NC(=O)N[C@@H]32)CC(C)(C)N1[O]. The Kier molecular flexibility index (Phi) is 5.99. The van der Waals surface area contributed by atoms with Crippen molar-refractivity contribution in [1.29, 1.82) is 0 Å². The molecule has 0 unspecified atom stereocenters. The van der Waals surface area contributed by atoms with Crippen LogP contribution in [0.5, 0.6) is 0 Å². The van der Waals surface area contributed by atoms with Crippen molar-refractivity contribution < 1.29 is 14.8 Å². The molecular weight excluding hydrogens is 364 g/mol. The lowest BCUT2D eigenvalue weighted by Gasteiger charge is -2.50. The summed E-state index contributed by atoms with van der Waals surface area (Å²) in [6.07, 6.45) is 4.75. The highest BCUT2D eigenvalue weighted by Gasteiger charge is 2.46. The molecule has 27 heavy (non-hydrogen) atoms. The van der Waals surface area contributed by atoms with E-state index in [9.17, 15) is 14.8 Å². The van der Waals surface area contributed by atoms with E-state index in [4.69, 9.17) is 0 Å². The van der Waals surface area contributed by atoms with Gasteiger partial charge in [-0.1, -0.05) is 6.42 Å². The lowest BCUT2D eigenvalue weighted by Crippen LogP contribution is -2.62. The van der Waals surface area contributed by atoms with Gasteiger partial charge in [-0.3, -0.25) is 4.79 Å². The molecule has 0 aromatic carbocycles. The van der Waals surface area contributed by atoms with Crippen molar-refractivity contribution in [3.63, 3.8) is 0 Å². The molecule has 3 amide bonds. The van der Waals surface area contributed by atoms with Crippen LogP contribution in [-0.4, -0.2) is 57.2 Å². The number of unbranched alkanes of at least 4 members (excludes halogenated alkanes) is 1. The molecule has 0 aliphatic carbocycles. The number of amides is 3. The van der Waals surface area contributed by atoms with E-state index < -0.39 is 11.1 Å². The first-order valence-corrected chi connectivity index (χ1v) is 11.1. The first kappa shape index (κ1) is 20.7. The van der Waals surface area contributed by atoms with Crippen LogP contribution in [0.4, 0.5) is 4.79 Å². The van der Waals surface area contributed by atoms with Crippen molar-refractivity contribution in [2.45, 2.75) is 101 Å². The molecule has 0 bridgehead atoms. The summed E-state index contributed by atoms with van der Waals surface area (Å²) in [5.41, 5.74) is -0.925. The molecule has 153 valence electrons. The van der Waals surface area contributed by atoms with Gasteiger partial charge >= 0.3 is 6.03 Å². The summed E-state index contributed by atoms with van der Waals surface area (Å²) >= 11 is 1.91. The minimum Gasteiger partial charge on any atom is -0.353 e. The van der Waals surface area contributed by atoms with Gasteiger partial charge in [0, 0.05) is 34.5 Å². The van der Waals surface area contributed by atoms with Gasteiger partial charge in [0.15, 0.2) is 0 Å². The maximum Gasteiger partial charge on any atom is 0.315 e. The smallest absolute Gasteiger partial charge is 0.315 e. The van der Waals surface area contributed by atoms with Crippen LogP contribution in [0.15, 0.2) is 0 Å². The number of hydrogen-bond acceptors (Lipinski definition) is 4. The van der Waals surface area contributed by atoms with E-state index in [1.54, 1.807) is 0 Å². The van der Waals surface area contributed by atoms with Crippen molar-refractivity contribution in [1.82, 2.24) is 21.0 Å². The number of thioether (sulfide) groups is 1. The number of piperidine rings is 1. The molecule has 3 N–H and O–H groups in total. The molecule has 1 radical (unpaired) electrons. The second-order valence-corrected chi connectivity index (χ2v) is 10.7. The Morgan fingerprint density at radius 2 is 1.85 bits per heavy atom. The Morgan fingerprint density at radius 3 is 2.52 bits per heavy atom. The minimum absolute atomic E-state index is 0.0512. The van der Waals surface area contributed by atoms with Crippen LogP contribution >= 0.6 is 11.8 Å². The van der Waals surface area contributed by atoms with E-state index in [1.807, 2.05) is 39.5 Å². The standard InChI is InChI=1S/C19H33N4O3S/c1-18(2)9-12(10-19(3,4)23(18)26)20-15(24)8-6-5-7-14-16-13(11-27-14)21-17(25)22-16/h12-14,16H,5-11H2,1-4H3,(H,20,24)(H2,21,22,25)/t13-,14-,16-/m0/s1. The Labute approximate surface area is 166 Å². The average molecular weight is 398 g/mol. The number of hydroxylamine groups is 2. The maximum absolute atomic E-state index is 12.4. The van der Waals surface area contributed by atoms with Crippen molar-refractivity contribution in [3.8, 4) is 0 Å². The molecular formula is C19H33N4O3S. The molecule has 3 aliphatic rings. The molecule has 0 saturated carbocycles. The van der Waals surface area contributed by atoms with Crippen LogP contribution in [0.2, 0.25) is 0 Å². The van der Waals surface area contributed by atoms with Gasteiger partial charge in [0.2, 0.25) is 5.91 Å². The van der Waals surface area contributed by atoms with E-state index in [2.05, 4.69) is 16.0 Å². The van der Waals surface area contributed by atoms with E-state index >= 15 is 0 Å². The zero-order chi connectivity index (χ0) is 19.8. The molecule has 0 spiro atoms. The fourth-order valence-electron chi connectivity index (χ4n) is 4.94. The second-order valence-electron chi connectivity index (χ2n) is 9.46. The Hall–Kier alpha value is -0.990. The van der Waals surface area contributed by atoms with Crippen LogP contribution in [0.25, 0.3) is 0 Å². The molecule has 0 aromatic heterocycles. The third kappa shape index (κ3) is 4.71. The lowest BCUT2D eigenvalue weighted by molar-refractivity contribution is -0.290. The summed E-state index contributed by atoms with van der Waals surface area (Å²) in [6, 6.07) is 0.496.